The fraction of sp³-hybridized carbons (Fsp3) is 0.417. The second-order valence-electron chi connectivity index (χ2n) is 4.17. The van der Waals surface area contributed by atoms with Crippen LogP contribution in [0.4, 0.5) is 5.69 Å². The van der Waals surface area contributed by atoms with Crippen LogP contribution in [0.2, 0.25) is 0 Å². The number of ether oxygens (including phenoxy) is 1. The van der Waals surface area contributed by atoms with Crippen molar-refractivity contribution >= 4 is 11.7 Å². The van der Waals surface area contributed by atoms with Crippen LogP contribution in [0.1, 0.15) is 0 Å². The van der Waals surface area contributed by atoms with Crippen LogP contribution >= 0.6 is 0 Å². The number of nitrogen functional groups attached to an aromatic ring is 1. The van der Waals surface area contributed by atoms with E-state index in [0.717, 1.165) is 0 Å². The van der Waals surface area contributed by atoms with Gasteiger partial charge in [0.15, 0.2) is 6.10 Å². The van der Waals surface area contributed by atoms with Gasteiger partial charge in [-0.15, -0.1) is 0 Å². The number of anilines is 1. The summed E-state index contributed by atoms with van der Waals surface area (Å²) in [6.45, 7) is -0.835. The molecule has 0 heterocycles. The molecule has 20 heavy (non-hydrogen) atoms. The van der Waals surface area contributed by atoms with Crippen molar-refractivity contribution in [3.05, 3.63) is 24.3 Å². The number of carbonyl (C=O) groups excluding carboxylic acids is 1. The Hall–Kier alpha value is -1.71. The van der Waals surface area contributed by atoms with Gasteiger partial charge in [0.1, 0.15) is 24.1 Å². The minimum Gasteiger partial charge on any atom is -0.425 e. The Kier molecular flexibility index (Phi) is 5.86. The van der Waals surface area contributed by atoms with Crippen LogP contribution in [-0.2, 0) is 4.79 Å². The van der Waals surface area contributed by atoms with Crippen molar-refractivity contribution in [2.24, 2.45) is 0 Å². The van der Waals surface area contributed by atoms with Gasteiger partial charge in [-0.2, -0.15) is 0 Å². The maximum absolute atomic E-state index is 11.5. The molecule has 0 saturated carbocycles. The Morgan fingerprint density at radius 2 is 1.65 bits per heavy atom. The van der Waals surface area contributed by atoms with Crippen LogP contribution in [0, 0.1) is 0 Å². The zero-order valence-corrected chi connectivity index (χ0v) is 10.5. The minimum absolute atomic E-state index is 0.0904. The van der Waals surface area contributed by atoms with E-state index in [-0.39, 0.29) is 5.75 Å². The zero-order chi connectivity index (χ0) is 15.3. The van der Waals surface area contributed by atoms with Gasteiger partial charge < -0.3 is 36.0 Å². The normalized spacial score (nSPS) is 17.1. The second-order valence-corrected chi connectivity index (χ2v) is 4.17. The van der Waals surface area contributed by atoms with E-state index in [9.17, 15) is 20.1 Å². The van der Waals surface area contributed by atoms with Gasteiger partial charge >= 0.3 is 5.97 Å². The molecule has 0 radical (unpaired) electrons. The Balaban J connectivity index is 2.64. The first-order chi connectivity index (χ1) is 9.36. The van der Waals surface area contributed by atoms with E-state index in [1.54, 1.807) is 0 Å². The van der Waals surface area contributed by atoms with Crippen LogP contribution in [0.15, 0.2) is 24.3 Å². The Bertz CT molecular complexity index is 436. The Labute approximate surface area is 114 Å². The van der Waals surface area contributed by atoms with Crippen LogP contribution < -0.4 is 10.5 Å². The number of aliphatic hydroxyl groups is 5. The van der Waals surface area contributed by atoms with Crippen molar-refractivity contribution < 1.29 is 35.1 Å². The maximum atomic E-state index is 11.5. The topological polar surface area (TPSA) is 153 Å². The van der Waals surface area contributed by atoms with E-state index in [0.29, 0.717) is 5.69 Å². The summed E-state index contributed by atoms with van der Waals surface area (Å²) in [5.74, 6) is -1.13. The molecule has 0 aromatic heterocycles. The molecule has 8 nitrogen and oxygen atoms in total. The van der Waals surface area contributed by atoms with E-state index in [4.69, 9.17) is 20.7 Å². The van der Waals surface area contributed by atoms with Gasteiger partial charge in [0, 0.05) is 5.69 Å². The molecule has 1 rings (SSSR count). The molecule has 7 N–H and O–H groups in total. The van der Waals surface area contributed by atoms with Gasteiger partial charge in [0.2, 0.25) is 0 Å². The molecule has 1 aromatic carbocycles. The van der Waals surface area contributed by atoms with Gasteiger partial charge in [-0.05, 0) is 24.3 Å². The van der Waals surface area contributed by atoms with Gasteiger partial charge in [-0.1, -0.05) is 0 Å². The van der Waals surface area contributed by atoms with Crippen molar-refractivity contribution in [1.29, 1.82) is 0 Å². The summed E-state index contributed by atoms with van der Waals surface area (Å²) in [6.07, 6.45) is -7.67. The molecule has 0 spiro atoms. The molecule has 0 aliphatic heterocycles. The highest BCUT2D eigenvalue weighted by atomic mass is 16.6. The fourth-order valence-electron chi connectivity index (χ4n) is 1.37. The number of benzene rings is 1. The summed E-state index contributed by atoms with van der Waals surface area (Å²) < 4.78 is 4.76. The predicted octanol–water partition coefficient (Wildman–Crippen LogP) is -2.39. The number of rotatable bonds is 6. The van der Waals surface area contributed by atoms with E-state index < -0.39 is 37.0 Å². The standard InChI is InChI=1S/C12H17NO7/c13-6-1-3-7(4-2-6)20-12(19)11(18)10(17)9(16)8(15)5-14/h1-4,8-11,14-18H,5,13H2. The van der Waals surface area contributed by atoms with E-state index in [1.807, 2.05) is 0 Å². The van der Waals surface area contributed by atoms with Crippen LogP contribution in [-0.4, -0.2) is 62.5 Å². The first-order valence-corrected chi connectivity index (χ1v) is 5.77. The number of carbonyl (C=O) groups is 1. The average Bonchev–Trinajstić information content (AvgIpc) is 2.46. The lowest BCUT2D eigenvalue weighted by Gasteiger charge is -2.24. The largest absolute Gasteiger partial charge is 0.425 e. The lowest BCUT2D eigenvalue weighted by Crippen LogP contribution is -2.49. The van der Waals surface area contributed by atoms with E-state index >= 15 is 0 Å². The fourth-order valence-corrected chi connectivity index (χ4v) is 1.37. The van der Waals surface area contributed by atoms with Gasteiger partial charge in [-0.25, -0.2) is 4.79 Å². The molecule has 0 bridgehead atoms. The van der Waals surface area contributed by atoms with Crippen molar-refractivity contribution in [3.8, 4) is 5.75 Å². The van der Waals surface area contributed by atoms with E-state index in [2.05, 4.69) is 0 Å². The van der Waals surface area contributed by atoms with Gasteiger partial charge in [0.05, 0.1) is 6.61 Å². The molecule has 1 aromatic rings. The molecule has 0 fully saturated rings. The molecule has 0 aliphatic rings. The smallest absolute Gasteiger partial charge is 0.343 e. The highest BCUT2D eigenvalue weighted by Crippen LogP contribution is 2.15. The van der Waals surface area contributed by atoms with Gasteiger partial charge in [-0.3, -0.25) is 0 Å². The summed E-state index contributed by atoms with van der Waals surface area (Å²) in [6, 6.07) is 5.70. The summed E-state index contributed by atoms with van der Waals surface area (Å²) in [4.78, 5) is 11.5. The number of esters is 1. The predicted molar refractivity (Wildman–Crippen MR) is 67.6 cm³/mol. The van der Waals surface area contributed by atoms with Crippen molar-refractivity contribution in [3.63, 3.8) is 0 Å². The SMILES string of the molecule is Nc1ccc(OC(=O)C(O)C(O)C(O)C(O)CO)cc1. The highest BCUT2D eigenvalue weighted by Gasteiger charge is 2.35. The third-order valence-electron chi connectivity index (χ3n) is 2.59. The molecule has 4 unspecified atom stereocenters. The number of hydrogen-bond acceptors (Lipinski definition) is 8. The quantitative estimate of drug-likeness (QED) is 0.192. The maximum Gasteiger partial charge on any atom is 0.343 e. The van der Waals surface area contributed by atoms with Crippen molar-refractivity contribution in [1.82, 2.24) is 0 Å². The lowest BCUT2D eigenvalue weighted by molar-refractivity contribution is -0.161. The lowest BCUT2D eigenvalue weighted by atomic mass is 10.0. The van der Waals surface area contributed by atoms with E-state index in [1.165, 1.54) is 24.3 Å². The Morgan fingerprint density at radius 3 is 2.15 bits per heavy atom. The van der Waals surface area contributed by atoms with Crippen molar-refractivity contribution in [2.75, 3.05) is 12.3 Å². The first-order valence-electron chi connectivity index (χ1n) is 5.77. The number of hydrogen-bond donors (Lipinski definition) is 6. The molecule has 4 atom stereocenters. The Morgan fingerprint density at radius 1 is 1.10 bits per heavy atom. The molecule has 0 aliphatic carbocycles. The molecular formula is C12H17NO7. The summed E-state index contributed by atoms with van der Waals surface area (Å²) in [5, 5.41) is 46.1. The molecule has 0 saturated heterocycles. The minimum atomic E-state index is -2.08. The molecule has 112 valence electrons. The monoisotopic (exact) mass is 287 g/mol. The molecular weight excluding hydrogens is 270 g/mol. The van der Waals surface area contributed by atoms with Crippen LogP contribution in [0.3, 0.4) is 0 Å². The molecule has 0 amide bonds. The number of nitrogens with two attached hydrogens (primary N) is 1. The highest BCUT2D eigenvalue weighted by molar-refractivity contribution is 5.77. The molecule has 8 heteroatoms. The summed E-state index contributed by atoms with van der Waals surface area (Å²) in [7, 11) is 0. The summed E-state index contributed by atoms with van der Waals surface area (Å²) in [5.41, 5.74) is 5.89. The third-order valence-corrected chi connectivity index (χ3v) is 2.59. The average molecular weight is 287 g/mol. The van der Waals surface area contributed by atoms with Crippen LogP contribution in [0.25, 0.3) is 0 Å². The van der Waals surface area contributed by atoms with Gasteiger partial charge in [0.25, 0.3) is 0 Å². The first kappa shape index (κ1) is 16.3. The summed E-state index contributed by atoms with van der Waals surface area (Å²) >= 11 is 0. The van der Waals surface area contributed by atoms with Crippen LogP contribution in [0.5, 0.6) is 5.75 Å². The number of aliphatic hydroxyl groups excluding tert-OH is 5. The second kappa shape index (κ2) is 7.17. The zero-order valence-electron chi connectivity index (χ0n) is 10.5. The third kappa shape index (κ3) is 4.15. The van der Waals surface area contributed by atoms with Crippen molar-refractivity contribution in [2.45, 2.75) is 24.4 Å².